The van der Waals surface area contributed by atoms with Crippen LogP contribution in [0.2, 0.25) is 0 Å². The normalized spacial score (nSPS) is 23.0. The summed E-state index contributed by atoms with van der Waals surface area (Å²) in [5.41, 5.74) is 0. The van der Waals surface area contributed by atoms with E-state index in [4.69, 9.17) is 9.47 Å². The lowest BCUT2D eigenvalue weighted by molar-refractivity contribution is -0.152. The van der Waals surface area contributed by atoms with Gasteiger partial charge in [-0.15, -0.1) is 0 Å². The minimum atomic E-state index is -0.0721. The monoisotopic (exact) mass is 408 g/mol. The molecule has 0 bridgehead atoms. The van der Waals surface area contributed by atoms with E-state index in [1.807, 2.05) is 6.92 Å². The van der Waals surface area contributed by atoms with Gasteiger partial charge in [-0.25, -0.2) is 0 Å². The molecule has 0 N–H and O–H groups in total. The Balaban J connectivity index is 2.50. The summed E-state index contributed by atoms with van der Waals surface area (Å²) in [4.78, 5) is 12.6. The van der Waals surface area contributed by atoms with Gasteiger partial charge in [-0.2, -0.15) is 0 Å². The maximum absolute atomic E-state index is 12.6. The van der Waals surface area contributed by atoms with Crippen molar-refractivity contribution >= 4 is 5.97 Å². The van der Waals surface area contributed by atoms with Crippen LogP contribution in [0, 0.1) is 29.6 Å². The molecule has 1 aliphatic rings. The predicted molar refractivity (Wildman–Crippen MR) is 123 cm³/mol. The lowest BCUT2D eigenvalue weighted by atomic mass is 9.71. The second-order valence-electron chi connectivity index (χ2n) is 9.74. The Morgan fingerprint density at radius 3 is 2.24 bits per heavy atom. The molecule has 1 fully saturated rings. The van der Waals surface area contributed by atoms with Gasteiger partial charge in [0.15, 0.2) is 0 Å². The number of carbonyl (C=O) groups is 1. The van der Waals surface area contributed by atoms with Crippen LogP contribution in [-0.4, -0.2) is 19.2 Å². The molecule has 29 heavy (non-hydrogen) atoms. The van der Waals surface area contributed by atoms with Crippen LogP contribution in [0.1, 0.15) is 105 Å². The van der Waals surface area contributed by atoms with E-state index in [-0.39, 0.29) is 17.8 Å². The molecule has 3 nitrogen and oxygen atoms in total. The maximum Gasteiger partial charge on any atom is 0.309 e. The van der Waals surface area contributed by atoms with Crippen LogP contribution in [0.4, 0.5) is 0 Å². The highest BCUT2D eigenvalue weighted by Gasteiger charge is 2.38. The summed E-state index contributed by atoms with van der Waals surface area (Å²) in [5, 5.41) is 0. The van der Waals surface area contributed by atoms with Gasteiger partial charge >= 0.3 is 5.97 Å². The van der Waals surface area contributed by atoms with Crippen LogP contribution >= 0.6 is 0 Å². The maximum atomic E-state index is 12.6. The standard InChI is InChI=1S/C26H48O3/c1-7-17-28-22(6)25-19-23(15-16-24(25)26(27)29-18-8-2)14-10-13-21(5)12-9-11-20(3)4/h20-21,23-25H,6-19H2,1-5H3. The molecule has 1 rings (SSSR count). The summed E-state index contributed by atoms with van der Waals surface area (Å²) < 4.78 is 11.3. The number of ether oxygens (including phenoxy) is 2. The van der Waals surface area contributed by atoms with Crippen molar-refractivity contribution in [3.8, 4) is 0 Å². The Kier molecular flexibility index (Phi) is 13.4. The van der Waals surface area contributed by atoms with E-state index in [2.05, 4.69) is 34.3 Å². The van der Waals surface area contributed by atoms with Gasteiger partial charge in [0.2, 0.25) is 0 Å². The highest BCUT2D eigenvalue weighted by Crippen LogP contribution is 2.41. The zero-order valence-corrected chi connectivity index (χ0v) is 20.0. The quantitative estimate of drug-likeness (QED) is 0.207. The second kappa shape index (κ2) is 14.9. The summed E-state index contributed by atoms with van der Waals surface area (Å²) in [6.07, 6.45) is 12.9. The van der Waals surface area contributed by atoms with E-state index >= 15 is 0 Å². The lowest BCUT2D eigenvalue weighted by Crippen LogP contribution is -2.34. The Morgan fingerprint density at radius 1 is 0.931 bits per heavy atom. The number of esters is 1. The van der Waals surface area contributed by atoms with Crippen molar-refractivity contribution in [1.29, 1.82) is 0 Å². The van der Waals surface area contributed by atoms with E-state index in [9.17, 15) is 4.79 Å². The van der Waals surface area contributed by atoms with Crippen LogP contribution in [0.15, 0.2) is 12.3 Å². The number of hydrogen-bond donors (Lipinski definition) is 0. The van der Waals surface area contributed by atoms with Gasteiger partial charge in [0, 0.05) is 5.92 Å². The number of rotatable bonds is 15. The Bertz CT molecular complexity index is 457. The second-order valence-corrected chi connectivity index (χ2v) is 9.74. The molecule has 3 heteroatoms. The Labute approximate surface area is 181 Å². The molecule has 0 aromatic heterocycles. The molecule has 0 saturated heterocycles. The number of allylic oxidation sites excluding steroid dienone is 1. The van der Waals surface area contributed by atoms with Crippen LogP contribution in [0.3, 0.4) is 0 Å². The summed E-state index contributed by atoms with van der Waals surface area (Å²) in [6, 6.07) is 0. The smallest absolute Gasteiger partial charge is 0.309 e. The van der Waals surface area contributed by atoms with Gasteiger partial charge in [-0.05, 0) is 49.9 Å². The number of carbonyl (C=O) groups excluding carboxylic acids is 1. The summed E-state index contributed by atoms with van der Waals surface area (Å²) in [7, 11) is 0. The Morgan fingerprint density at radius 2 is 1.59 bits per heavy atom. The zero-order valence-electron chi connectivity index (χ0n) is 20.0. The Hall–Kier alpha value is -0.990. The van der Waals surface area contributed by atoms with Crippen LogP contribution in [-0.2, 0) is 14.3 Å². The predicted octanol–water partition coefficient (Wildman–Crippen LogP) is 7.55. The van der Waals surface area contributed by atoms with Crippen molar-refractivity contribution in [2.75, 3.05) is 13.2 Å². The molecule has 0 aromatic carbocycles. The first-order valence-electron chi connectivity index (χ1n) is 12.4. The molecule has 4 atom stereocenters. The van der Waals surface area contributed by atoms with Crippen LogP contribution in [0.25, 0.3) is 0 Å². The third-order valence-electron chi connectivity index (χ3n) is 6.40. The van der Waals surface area contributed by atoms with E-state index in [1.165, 1.54) is 38.5 Å². The third-order valence-corrected chi connectivity index (χ3v) is 6.40. The first kappa shape index (κ1) is 26.0. The van der Waals surface area contributed by atoms with E-state index in [0.29, 0.717) is 19.1 Å². The molecule has 0 amide bonds. The van der Waals surface area contributed by atoms with Crippen molar-refractivity contribution in [3.05, 3.63) is 12.3 Å². The highest BCUT2D eigenvalue weighted by atomic mass is 16.5. The summed E-state index contributed by atoms with van der Waals surface area (Å²) in [6.45, 7) is 16.6. The molecular formula is C26H48O3. The molecule has 1 aliphatic carbocycles. The molecule has 0 radical (unpaired) electrons. The zero-order chi connectivity index (χ0) is 21.6. The van der Waals surface area contributed by atoms with Crippen molar-refractivity contribution in [3.63, 3.8) is 0 Å². The molecule has 4 unspecified atom stereocenters. The fraction of sp³-hybridized carbons (Fsp3) is 0.885. The van der Waals surface area contributed by atoms with Crippen molar-refractivity contribution in [2.45, 2.75) is 105 Å². The lowest BCUT2D eigenvalue weighted by Gasteiger charge is -2.35. The van der Waals surface area contributed by atoms with Crippen LogP contribution in [0.5, 0.6) is 0 Å². The average Bonchev–Trinajstić information content (AvgIpc) is 2.69. The molecule has 0 heterocycles. The first-order chi connectivity index (χ1) is 13.9. The largest absolute Gasteiger partial charge is 0.498 e. The summed E-state index contributed by atoms with van der Waals surface area (Å²) in [5.74, 6) is 3.13. The average molecular weight is 409 g/mol. The van der Waals surface area contributed by atoms with Crippen LogP contribution < -0.4 is 0 Å². The first-order valence-corrected chi connectivity index (χ1v) is 12.4. The SMILES string of the molecule is C=C(OCCC)C1CC(CCCC(C)CCCC(C)C)CCC1C(=O)OCCC. The summed E-state index contributed by atoms with van der Waals surface area (Å²) >= 11 is 0. The topological polar surface area (TPSA) is 35.5 Å². The van der Waals surface area contributed by atoms with E-state index in [1.54, 1.807) is 0 Å². The molecule has 1 saturated carbocycles. The van der Waals surface area contributed by atoms with E-state index < -0.39 is 0 Å². The molecule has 0 aromatic rings. The van der Waals surface area contributed by atoms with Gasteiger partial charge in [0.05, 0.1) is 24.9 Å². The molecule has 170 valence electrons. The molecule has 0 aliphatic heterocycles. The van der Waals surface area contributed by atoms with E-state index in [0.717, 1.165) is 49.7 Å². The fourth-order valence-corrected chi connectivity index (χ4v) is 4.58. The molecular weight excluding hydrogens is 360 g/mol. The minimum absolute atomic E-state index is 0.0460. The molecule has 0 spiro atoms. The van der Waals surface area contributed by atoms with Gasteiger partial charge in [-0.1, -0.05) is 79.7 Å². The van der Waals surface area contributed by atoms with Crippen molar-refractivity contribution in [2.24, 2.45) is 29.6 Å². The highest BCUT2D eigenvalue weighted by molar-refractivity contribution is 5.73. The minimum Gasteiger partial charge on any atom is -0.498 e. The van der Waals surface area contributed by atoms with Gasteiger partial charge in [0.25, 0.3) is 0 Å². The number of hydrogen-bond acceptors (Lipinski definition) is 3. The van der Waals surface area contributed by atoms with Gasteiger partial charge in [0.1, 0.15) is 0 Å². The van der Waals surface area contributed by atoms with Gasteiger partial charge in [-0.3, -0.25) is 4.79 Å². The van der Waals surface area contributed by atoms with Crippen molar-refractivity contribution < 1.29 is 14.3 Å². The van der Waals surface area contributed by atoms with Gasteiger partial charge < -0.3 is 9.47 Å². The van der Waals surface area contributed by atoms with Crippen molar-refractivity contribution in [1.82, 2.24) is 0 Å². The third kappa shape index (κ3) is 10.6. The fourth-order valence-electron chi connectivity index (χ4n) is 4.58.